The lowest BCUT2D eigenvalue weighted by Crippen LogP contribution is -2.12. The second kappa shape index (κ2) is 9.99. The van der Waals surface area contributed by atoms with Crippen molar-refractivity contribution in [1.29, 1.82) is 0 Å². The number of methoxy groups -OCH3 is 4. The first-order valence-electron chi connectivity index (χ1n) is 11.5. The largest absolute Gasteiger partial charge is 0.497 e. The van der Waals surface area contributed by atoms with Crippen molar-refractivity contribution >= 4 is 22.5 Å². The molecule has 0 amide bonds. The maximum Gasteiger partial charge on any atom is 0.226 e. The van der Waals surface area contributed by atoms with E-state index in [2.05, 4.69) is 5.32 Å². The second-order valence-electron chi connectivity index (χ2n) is 8.05. The maximum absolute atomic E-state index is 5.52. The molecular weight excluding hydrogens is 458 g/mol. The second-order valence-corrected chi connectivity index (χ2v) is 8.05. The Morgan fingerprint density at radius 2 is 1.53 bits per heavy atom. The van der Waals surface area contributed by atoms with Crippen molar-refractivity contribution in [2.24, 2.45) is 0 Å². The summed E-state index contributed by atoms with van der Waals surface area (Å²) in [4.78, 5) is 9.72. The third-order valence-electron chi connectivity index (χ3n) is 5.97. The van der Waals surface area contributed by atoms with Gasteiger partial charge in [-0.25, -0.2) is 9.97 Å². The quantitative estimate of drug-likeness (QED) is 0.323. The van der Waals surface area contributed by atoms with Gasteiger partial charge in [0.2, 0.25) is 5.95 Å². The van der Waals surface area contributed by atoms with Gasteiger partial charge in [0.15, 0.2) is 23.0 Å². The van der Waals surface area contributed by atoms with Crippen LogP contribution in [0.2, 0.25) is 0 Å². The summed E-state index contributed by atoms with van der Waals surface area (Å²) in [5, 5.41) is 9.02. The molecule has 2 aromatic heterocycles. The number of nitrogens with one attached hydrogen (secondary N) is 1. The summed E-state index contributed by atoms with van der Waals surface area (Å²) in [6.07, 6.45) is 0.688. The number of fused-ring (bicyclic) bond motifs is 3. The molecule has 9 nitrogen and oxygen atoms in total. The van der Waals surface area contributed by atoms with Crippen molar-refractivity contribution in [2.75, 3.05) is 40.3 Å². The Labute approximate surface area is 208 Å². The highest BCUT2D eigenvalue weighted by molar-refractivity contribution is 5.95. The Bertz CT molecular complexity index is 1520. The molecule has 0 saturated carbocycles. The molecule has 0 atom stereocenters. The summed E-state index contributed by atoms with van der Waals surface area (Å²) in [6.45, 7) is 0.588. The Hall–Kier alpha value is -4.53. The Morgan fingerprint density at radius 3 is 2.25 bits per heavy atom. The van der Waals surface area contributed by atoms with E-state index in [1.165, 1.54) is 0 Å². The summed E-state index contributed by atoms with van der Waals surface area (Å²) in [5.41, 5.74) is 3.33. The minimum Gasteiger partial charge on any atom is -0.497 e. The van der Waals surface area contributed by atoms with Crippen LogP contribution in [0.5, 0.6) is 23.0 Å². The molecule has 0 radical (unpaired) electrons. The first kappa shape index (κ1) is 23.2. The summed E-state index contributed by atoms with van der Waals surface area (Å²) in [7, 11) is 6.52. The minimum atomic E-state index is 0.571. The molecule has 184 valence electrons. The van der Waals surface area contributed by atoms with E-state index in [1.54, 1.807) is 33.0 Å². The number of ether oxygens (including phenoxy) is 4. The van der Waals surface area contributed by atoms with Crippen molar-refractivity contribution in [2.45, 2.75) is 6.42 Å². The smallest absolute Gasteiger partial charge is 0.226 e. The lowest BCUT2D eigenvalue weighted by molar-refractivity contribution is 0.356. The van der Waals surface area contributed by atoms with E-state index in [4.69, 9.17) is 34.0 Å². The predicted molar refractivity (Wildman–Crippen MR) is 139 cm³/mol. The van der Waals surface area contributed by atoms with Crippen LogP contribution in [0.4, 0.5) is 5.95 Å². The van der Waals surface area contributed by atoms with Gasteiger partial charge in [-0.2, -0.15) is 4.52 Å². The van der Waals surface area contributed by atoms with E-state index in [0.29, 0.717) is 47.4 Å². The van der Waals surface area contributed by atoms with Crippen LogP contribution in [0.15, 0.2) is 60.7 Å². The first-order chi connectivity index (χ1) is 17.6. The molecule has 0 fully saturated rings. The molecule has 3 aromatic carbocycles. The van der Waals surface area contributed by atoms with E-state index in [-0.39, 0.29) is 0 Å². The fraction of sp³-hybridized carbons (Fsp3) is 0.222. The maximum atomic E-state index is 5.52. The molecule has 1 N–H and O–H groups in total. The van der Waals surface area contributed by atoms with Gasteiger partial charge in [-0.3, -0.25) is 0 Å². The highest BCUT2D eigenvalue weighted by atomic mass is 16.5. The Kier molecular flexibility index (Phi) is 6.44. The van der Waals surface area contributed by atoms with Crippen LogP contribution in [0, 0.1) is 0 Å². The summed E-state index contributed by atoms with van der Waals surface area (Å²) >= 11 is 0. The van der Waals surface area contributed by atoms with Crippen LogP contribution in [0.1, 0.15) is 5.56 Å². The molecule has 0 aliphatic carbocycles. The molecule has 5 rings (SSSR count). The highest BCUT2D eigenvalue weighted by Gasteiger charge is 2.17. The van der Waals surface area contributed by atoms with E-state index in [1.807, 2.05) is 60.7 Å². The van der Waals surface area contributed by atoms with E-state index in [0.717, 1.165) is 28.0 Å². The molecule has 2 heterocycles. The first-order valence-corrected chi connectivity index (χ1v) is 11.5. The zero-order valence-electron chi connectivity index (χ0n) is 20.6. The molecule has 0 spiro atoms. The number of rotatable bonds is 9. The van der Waals surface area contributed by atoms with Crippen LogP contribution in [-0.2, 0) is 6.42 Å². The molecule has 36 heavy (non-hydrogen) atoms. The highest BCUT2D eigenvalue weighted by Crippen LogP contribution is 2.34. The average Bonchev–Trinajstić information content (AvgIpc) is 3.39. The van der Waals surface area contributed by atoms with Crippen molar-refractivity contribution in [3.63, 3.8) is 0 Å². The molecule has 0 aliphatic rings. The summed E-state index contributed by atoms with van der Waals surface area (Å²) < 4.78 is 23.7. The van der Waals surface area contributed by atoms with Crippen molar-refractivity contribution < 1.29 is 18.9 Å². The van der Waals surface area contributed by atoms with Gasteiger partial charge in [0.25, 0.3) is 0 Å². The van der Waals surface area contributed by atoms with Gasteiger partial charge in [-0.05, 0) is 36.2 Å². The van der Waals surface area contributed by atoms with Crippen molar-refractivity contribution in [3.8, 4) is 34.4 Å². The number of aromatic nitrogens is 4. The Balaban J connectivity index is 1.57. The molecule has 0 aliphatic heterocycles. The molecule has 0 unspecified atom stereocenters. The van der Waals surface area contributed by atoms with Crippen LogP contribution < -0.4 is 24.3 Å². The normalized spacial score (nSPS) is 11.0. The minimum absolute atomic E-state index is 0.571. The standard InChI is InChI=1S/C27H27N5O4/c1-33-19-10-11-22(34-2)18(14-19)12-13-28-27-29-21-16-24(36-4)23(35-3)15-20(21)26-30-25(31-32(26)27)17-8-6-5-7-9-17/h5-11,14-16H,12-13H2,1-4H3,(H,28,29). The molecule has 5 aromatic rings. The topological polar surface area (TPSA) is 92.0 Å². The Morgan fingerprint density at radius 1 is 0.778 bits per heavy atom. The van der Waals surface area contributed by atoms with E-state index < -0.39 is 0 Å². The van der Waals surface area contributed by atoms with Crippen LogP contribution in [0.25, 0.3) is 27.9 Å². The van der Waals surface area contributed by atoms with Crippen molar-refractivity contribution in [1.82, 2.24) is 19.6 Å². The fourth-order valence-electron chi connectivity index (χ4n) is 4.15. The van der Waals surface area contributed by atoms with Crippen LogP contribution in [-0.4, -0.2) is 54.6 Å². The summed E-state index contributed by atoms with van der Waals surface area (Å²) in [6, 6.07) is 19.4. The number of hydrogen-bond donors (Lipinski definition) is 1. The predicted octanol–water partition coefficient (Wildman–Crippen LogP) is 4.63. The number of nitrogens with zero attached hydrogens (tertiary/aromatic N) is 4. The van der Waals surface area contributed by atoms with Gasteiger partial charge in [0, 0.05) is 23.6 Å². The fourth-order valence-corrected chi connectivity index (χ4v) is 4.15. The molecular formula is C27H27N5O4. The van der Waals surface area contributed by atoms with E-state index >= 15 is 0 Å². The number of anilines is 1. The third-order valence-corrected chi connectivity index (χ3v) is 5.97. The molecule has 0 saturated heterocycles. The van der Waals surface area contributed by atoms with Crippen molar-refractivity contribution in [3.05, 3.63) is 66.2 Å². The molecule has 0 bridgehead atoms. The lowest BCUT2D eigenvalue weighted by Gasteiger charge is -2.13. The SMILES string of the molecule is COc1ccc(OC)c(CCNc2nc3cc(OC)c(OC)cc3c3nc(-c4ccccc4)nn23)c1. The number of hydrogen-bond acceptors (Lipinski definition) is 8. The zero-order valence-corrected chi connectivity index (χ0v) is 20.6. The number of benzene rings is 3. The van der Waals surface area contributed by atoms with Gasteiger partial charge in [0.05, 0.1) is 34.0 Å². The van der Waals surface area contributed by atoms with E-state index in [9.17, 15) is 0 Å². The van der Waals surface area contributed by atoms with Gasteiger partial charge < -0.3 is 24.3 Å². The van der Waals surface area contributed by atoms with Gasteiger partial charge in [0.1, 0.15) is 11.5 Å². The third kappa shape index (κ3) is 4.31. The average molecular weight is 486 g/mol. The van der Waals surface area contributed by atoms with Gasteiger partial charge in [-0.15, -0.1) is 5.10 Å². The lowest BCUT2D eigenvalue weighted by atomic mass is 10.1. The molecule has 9 heteroatoms. The van der Waals surface area contributed by atoms with Crippen LogP contribution in [0.3, 0.4) is 0 Å². The monoisotopic (exact) mass is 485 g/mol. The van der Waals surface area contributed by atoms with Gasteiger partial charge >= 0.3 is 0 Å². The van der Waals surface area contributed by atoms with Crippen LogP contribution >= 0.6 is 0 Å². The summed E-state index contributed by atoms with van der Waals surface area (Å²) in [5.74, 6) is 3.96. The van der Waals surface area contributed by atoms with Gasteiger partial charge in [-0.1, -0.05) is 30.3 Å². The zero-order chi connectivity index (χ0) is 25.1.